The van der Waals surface area contributed by atoms with Gasteiger partial charge in [0.2, 0.25) is 15.9 Å². The van der Waals surface area contributed by atoms with E-state index in [1.54, 1.807) is 30.0 Å². The minimum atomic E-state index is -3.66. The summed E-state index contributed by atoms with van der Waals surface area (Å²) in [5.74, 6) is -0.303. The van der Waals surface area contributed by atoms with Crippen LogP contribution in [0.2, 0.25) is 5.02 Å². The fraction of sp³-hybridized carbons (Fsp3) is 0.316. The van der Waals surface area contributed by atoms with Gasteiger partial charge in [-0.05, 0) is 56.2 Å². The summed E-state index contributed by atoms with van der Waals surface area (Å²) in [6.07, 6.45) is 1.09. The molecule has 0 unspecified atom stereocenters. The zero-order valence-corrected chi connectivity index (χ0v) is 16.9. The van der Waals surface area contributed by atoms with Crippen LogP contribution in [-0.4, -0.2) is 33.7 Å². The Morgan fingerprint density at radius 1 is 1.12 bits per heavy atom. The molecule has 2 aromatic carbocycles. The zero-order chi connectivity index (χ0) is 19.5. The Hall–Kier alpha value is -2.05. The lowest BCUT2D eigenvalue weighted by molar-refractivity contribution is -0.117. The largest absolute Gasteiger partial charge is 0.311 e. The number of aryl methyl sites for hydroxylation is 1. The number of halogens is 1. The van der Waals surface area contributed by atoms with Crippen molar-refractivity contribution in [2.45, 2.75) is 20.8 Å². The summed E-state index contributed by atoms with van der Waals surface area (Å²) < 4.78 is 25.8. The van der Waals surface area contributed by atoms with Crippen LogP contribution in [0.1, 0.15) is 18.1 Å². The van der Waals surface area contributed by atoms with Crippen molar-refractivity contribution in [1.29, 1.82) is 0 Å². The van der Waals surface area contributed by atoms with Gasteiger partial charge in [-0.25, -0.2) is 8.42 Å². The number of hydrogen-bond donors (Lipinski definition) is 0. The SMILES string of the molecule is CCN(C(=O)CN(c1cccc(Cl)c1C)S(C)(=O)=O)c1cccc(C)c1. The Bertz CT molecular complexity index is 913. The molecule has 140 valence electrons. The lowest BCUT2D eigenvalue weighted by atomic mass is 10.2. The van der Waals surface area contributed by atoms with Gasteiger partial charge >= 0.3 is 0 Å². The molecular formula is C19H23ClN2O3S. The summed E-state index contributed by atoms with van der Waals surface area (Å²) in [5.41, 5.74) is 2.80. The highest BCUT2D eigenvalue weighted by Gasteiger charge is 2.25. The van der Waals surface area contributed by atoms with Crippen LogP contribution in [0.5, 0.6) is 0 Å². The zero-order valence-electron chi connectivity index (χ0n) is 15.4. The second-order valence-electron chi connectivity index (χ2n) is 6.13. The van der Waals surface area contributed by atoms with E-state index in [9.17, 15) is 13.2 Å². The highest BCUT2D eigenvalue weighted by Crippen LogP contribution is 2.28. The fourth-order valence-electron chi connectivity index (χ4n) is 2.75. The number of likely N-dealkylation sites (N-methyl/N-ethyl adjacent to an activating group) is 1. The van der Waals surface area contributed by atoms with Crippen molar-refractivity contribution < 1.29 is 13.2 Å². The van der Waals surface area contributed by atoms with Gasteiger partial charge in [0.1, 0.15) is 6.54 Å². The molecule has 0 aliphatic carbocycles. The number of benzene rings is 2. The van der Waals surface area contributed by atoms with Crippen molar-refractivity contribution in [2.24, 2.45) is 0 Å². The first kappa shape index (κ1) is 20.3. The Kier molecular flexibility index (Phi) is 6.31. The number of amides is 1. The fourth-order valence-corrected chi connectivity index (χ4v) is 3.82. The van der Waals surface area contributed by atoms with Crippen LogP contribution in [-0.2, 0) is 14.8 Å². The molecule has 7 heteroatoms. The van der Waals surface area contributed by atoms with Gasteiger partial charge in [-0.3, -0.25) is 9.10 Å². The van der Waals surface area contributed by atoms with Gasteiger partial charge in [-0.15, -0.1) is 0 Å². The van der Waals surface area contributed by atoms with E-state index in [4.69, 9.17) is 11.6 Å². The smallest absolute Gasteiger partial charge is 0.247 e. The number of anilines is 2. The van der Waals surface area contributed by atoms with Gasteiger partial charge in [-0.2, -0.15) is 0 Å². The van der Waals surface area contributed by atoms with Crippen molar-refractivity contribution in [1.82, 2.24) is 0 Å². The molecule has 0 spiro atoms. The molecule has 0 radical (unpaired) electrons. The first-order valence-corrected chi connectivity index (χ1v) is 10.5. The number of hydrogen-bond acceptors (Lipinski definition) is 3. The van der Waals surface area contributed by atoms with Gasteiger partial charge in [0, 0.05) is 17.3 Å². The molecule has 5 nitrogen and oxygen atoms in total. The minimum absolute atomic E-state index is 0.290. The molecular weight excluding hydrogens is 372 g/mol. The molecule has 26 heavy (non-hydrogen) atoms. The molecule has 2 rings (SSSR count). The summed E-state index contributed by atoms with van der Waals surface area (Å²) in [7, 11) is -3.66. The monoisotopic (exact) mass is 394 g/mol. The summed E-state index contributed by atoms with van der Waals surface area (Å²) in [5, 5.41) is 0.453. The lowest BCUT2D eigenvalue weighted by Crippen LogP contribution is -2.43. The quantitative estimate of drug-likeness (QED) is 0.749. The molecule has 0 N–H and O–H groups in total. The first-order chi connectivity index (χ1) is 12.1. The van der Waals surface area contributed by atoms with E-state index in [2.05, 4.69) is 0 Å². The molecule has 0 saturated heterocycles. The molecule has 0 saturated carbocycles. The molecule has 0 aliphatic heterocycles. The van der Waals surface area contributed by atoms with E-state index in [0.717, 1.165) is 21.8 Å². The van der Waals surface area contributed by atoms with E-state index in [-0.39, 0.29) is 12.5 Å². The number of sulfonamides is 1. The van der Waals surface area contributed by atoms with Gasteiger partial charge in [-0.1, -0.05) is 29.8 Å². The van der Waals surface area contributed by atoms with Crippen LogP contribution in [0.3, 0.4) is 0 Å². The highest BCUT2D eigenvalue weighted by atomic mass is 35.5. The Morgan fingerprint density at radius 3 is 2.35 bits per heavy atom. The summed E-state index contributed by atoms with van der Waals surface area (Å²) in [6, 6.07) is 12.6. The van der Waals surface area contributed by atoms with E-state index in [1.807, 2.05) is 38.1 Å². The normalized spacial score (nSPS) is 11.3. The molecule has 0 heterocycles. The van der Waals surface area contributed by atoms with E-state index in [1.165, 1.54) is 0 Å². The third-order valence-electron chi connectivity index (χ3n) is 4.12. The average molecular weight is 395 g/mol. The van der Waals surface area contributed by atoms with E-state index < -0.39 is 10.0 Å². The maximum absolute atomic E-state index is 12.9. The summed E-state index contributed by atoms with van der Waals surface area (Å²) in [6.45, 7) is 5.68. The Balaban J connectivity index is 2.39. The first-order valence-electron chi connectivity index (χ1n) is 8.25. The second kappa shape index (κ2) is 8.10. The average Bonchev–Trinajstić information content (AvgIpc) is 2.55. The molecule has 0 bridgehead atoms. The second-order valence-corrected chi connectivity index (χ2v) is 8.44. The summed E-state index contributed by atoms with van der Waals surface area (Å²) in [4.78, 5) is 14.5. The Labute approximate surface area is 160 Å². The van der Waals surface area contributed by atoms with E-state index in [0.29, 0.717) is 22.8 Å². The predicted molar refractivity (Wildman–Crippen MR) is 108 cm³/mol. The van der Waals surface area contributed by atoms with Gasteiger partial charge < -0.3 is 4.90 Å². The maximum atomic E-state index is 12.9. The van der Waals surface area contributed by atoms with Gasteiger partial charge in [0.15, 0.2) is 0 Å². The predicted octanol–water partition coefficient (Wildman–Crippen LogP) is 3.78. The van der Waals surface area contributed by atoms with Crippen molar-refractivity contribution in [3.63, 3.8) is 0 Å². The topological polar surface area (TPSA) is 57.7 Å². The van der Waals surface area contributed by atoms with E-state index >= 15 is 0 Å². The number of rotatable bonds is 6. The van der Waals surface area contributed by atoms with Crippen molar-refractivity contribution in [2.75, 3.05) is 28.6 Å². The third-order valence-corrected chi connectivity index (χ3v) is 5.65. The van der Waals surface area contributed by atoms with Crippen molar-refractivity contribution in [3.05, 3.63) is 58.6 Å². The molecule has 0 fully saturated rings. The minimum Gasteiger partial charge on any atom is -0.311 e. The van der Waals surface area contributed by atoms with Crippen LogP contribution in [0, 0.1) is 13.8 Å². The molecule has 0 atom stereocenters. The van der Waals surface area contributed by atoms with Crippen molar-refractivity contribution >= 4 is 38.9 Å². The van der Waals surface area contributed by atoms with Crippen LogP contribution in [0.15, 0.2) is 42.5 Å². The standard InChI is InChI=1S/C19H23ClN2O3S/c1-5-21(16-9-6-8-14(2)12-16)19(23)13-22(26(4,24)25)18-11-7-10-17(20)15(18)3/h6-12H,5,13H2,1-4H3. The Morgan fingerprint density at radius 2 is 1.77 bits per heavy atom. The third kappa shape index (κ3) is 4.56. The van der Waals surface area contributed by atoms with Gasteiger partial charge in [0.05, 0.1) is 11.9 Å². The highest BCUT2D eigenvalue weighted by molar-refractivity contribution is 7.92. The molecule has 0 aromatic heterocycles. The molecule has 1 amide bonds. The maximum Gasteiger partial charge on any atom is 0.247 e. The summed E-state index contributed by atoms with van der Waals surface area (Å²) >= 11 is 6.13. The van der Waals surface area contributed by atoms with Crippen LogP contribution < -0.4 is 9.21 Å². The van der Waals surface area contributed by atoms with Crippen LogP contribution in [0.4, 0.5) is 11.4 Å². The number of nitrogens with zero attached hydrogens (tertiary/aromatic N) is 2. The molecule has 2 aromatic rings. The van der Waals surface area contributed by atoms with Crippen LogP contribution in [0.25, 0.3) is 0 Å². The number of carbonyl (C=O) groups is 1. The van der Waals surface area contributed by atoms with Gasteiger partial charge in [0.25, 0.3) is 0 Å². The number of carbonyl (C=O) groups excluding carboxylic acids is 1. The lowest BCUT2D eigenvalue weighted by Gasteiger charge is -2.28. The van der Waals surface area contributed by atoms with Crippen LogP contribution >= 0.6 is 11.6 Å². The van der Waals surface area contributed by atoms with Crippen molar-refractivity contribution in [3.8, 4) is 0 Å². The molecule has 0 aliphatic rings.